The molecular weight excluding hydrogens is 182 g/mol. The molecule has 0 aromatic carbocycles. The monoisotopic (exact) mass is 195 g/mol. The van der Waals surface area contributed by atoms with Crippen LogP contribution in [0.15, 0.2) is 15.9 Å². The molecule has 1 fully saturated rings. The van der Waals surface area contributed by atoms with Gasteiger partial charge in [-0.15, -0.1) is 11.3 Å². The van der Waals surface area contributed by atoms with Crippen molar-refractivity contribution in [3.63, 3.8) is 0 Å². The summed E-state index contributed by atoms with van der Waals surface area (Å²) in [7, 11) is 0. The van der Waals surface area contributed by atoms with E-state index in [9.17, 15) is 0 Å². The molecule has 0 radical (unpaired) electrons. The van der Waals surface area contributed by atoms with E-state index in [-0.39, 0.29) is 0 Å². The highest BCUT2D eigenvalue weighted by atomic mass is 32.1. The highest BCUT2D eigenvalue weighted by Gasteiger charge is 2.24. The average molecular weight is 195 g/mol. The Hall–Kier alpha value is -0.900. The zero-order chi connectivity index (χ0) is 9.10. The van der Waals surface area contributed by atoms with Gasteiger partial charge in [0.15, 0.2) is 0 Å². The highest BCUT2D eigenvalue weighted by molar-refractivity contribution is 7.07. The number of nitrogens with zero attached hydrogens (tertiary/aromatic N) is 2. The SMILES string of the molecule is NC(=NCCc1cscn1)C1CC1. The molecule has 1 saturated carbocycles. The average Bonchev–Trinajstić information content (AvgIpc) is 2.86. The predicted octanol–water partition coefficient (Wildman–Crippen LogP) is 1.45. The Morgan fingerprint density at radius 3 is 3.15 bits per heavy atom. The molecule has 0 aliphatic heterocycles. The van der Waals surface area contributed by atoms with Gasteiger partial charge in [-0.05, 0) is 12.8 Å². The highest BCUT2D eigenvalue weighted by Crippen LogP contribution is 2.28. The Morgan fingerprint density at radius 1 is 1.69 bits per heavy atom. The third-order valence-corrected chi connectivity index (χ3v) is 2.78. The van der Waals surface area contributed by atoms with Crippen molar-refractivity contribution in [1.29, 1.82) is 0 Å². The molecule has 4 heteroatoms. The number of thiazole rings is 1. The Kier molecular flexibility index (Phi) is 2.59. The molecule has 2 N–H and O–H groups in total. The van der Waals surface area contributed by atoms with E-state index in [1.165, 1.54) is 12.8 Å². The van der Waals surface area contributed by atoms with Crippen LogP contribution in [-0.2, 0) is 6.42 Å². The fourth-order valence-electron chi connectivity index (χ4n) is 1.17. The molecule has 0 spiro atoms. The van der Waals surface area contributed by atoms with Gasteiger partial charge in [-0.1, -0.05) is 0 Å². The number of nitrogens with two attached hydrogens (primary N) is 1. The van der Waals surface area contributed by atoms with Crippen LogP contribution in [0.25, 0.3) is 0 Å². The molecule has 1 aromatic heterocycles. The lowest BCUT2D eigenvalue weighted by Crippen LogP contribution is -2.14. The number of aliphatic imine (C=N–C) groups is 1. The maximum Gasteiger partial charge on any atom is 0.0968 e. The van der Waals surface area contributed by atoms with Crippen LogP contribution >= 0.6 is 11.3 Å². The van der Waals surface area contributed by atoms with Crippen molar-refractivity contribution in [1.82, 2.24) is 4.98 Å². The van der Waals surface area contributed by atoms with Gasteiger partial charge in [0.25, 0.3) is 0 Å². The van der Waals surface area contributed by atoms with Gasteiger partial charge in [0.1, 0.15) is 0 Å². The summed E-state index contributed by atoms with van der Waals surface area (Å²) in [5.74, 6) is 1.44. The normalized spacial score (nSPS) is 17.7. The number of aromatic nitrogens is 1. The number of rotatable bonds is 4. The van der Waals surface area contributed by atoms with E-state index in [0.717, 1.165) is 24.5 Å². The van der Waals surface area contributed by atoms with E-state index in [1.807, 2.05) is 5.51 Å². The first-order chi connectivity index (χ1) is 6.36. The van der Waals surface area contributed by atoms with E-state index in [2.05, 4.69) is 15.4 Å². The van der Waals surface area contributed by atoms with Crippen molar-refractivity contribution in [3.05, 3.63) is 16.6 Å². The largest absolute Gasteiger partial charge is 0.387 e. The number of hydrogen-bond donors (Lipinski definition) is 1. The van der Waals surface area contributed by atoms with Crippen LogP contribution in [-0.4, -0.2) is 17.4 Å². The van der Waals surface area contributed by atoms with Crippen molar-refractivity contribution in [2.45, 2.75) is 19.3 Å². The maximum absolute atomic E-state index is 5.75. The second-order valence-electron chi connectivity index (χ2n) is 3.31. The van der Waals surface area contributed by atoms with Gasteiger partial charge in [-0.25, -0.2) is 4.98 Å². The second kappa shape index (κ2) is 3.87. The number of hydrogen-bond acceptors (Lipinski definition) is 3. The lowest BCUT2D eigenvalue weighted by molar-refractivity contribution is 0.921. The van der Waals surface area contributed by atoms with Crippen LogP contribution in [0.2, 0.25) is 0 Å². The summed E-state index contributed by atoms with van der Waals surface area (Å²) in [6.45, 7) is 0.784. The third kappa shape index (κ3) is 2.52. The summed E-state index contributed by atoms with van der Waals surface area (Å²) in [4.78, 5) is 8.50. The maximum atomic E-state index is 5.75. The Bertz CT molecular complexity index is 288. The molecule has 13 heavy (non-hydrogen) atoms. The fraction of sp³-hybridized carbons (Fsp3) is 0.556. The Balaban J connectivity index is 1.76. The predicted molar refractivity (Wildman–Crippen MR) is 55.0 cm³/mol. The summed E-state index contributed by atoms with van der Waals surface area (Å²) in [5, 5.41) is 2.06. The van der Waals surface area contributed by atoms with E-state index in [0.29, 0.717) is 5.92 Å². The summed E-state index contributed by atoms with van der Waals surface area (Å²) in [6, 6.07) is 0. The quantitative estimate of drug-likeness (QED) is 0.584. The van der Waals surface area contributed by atoms with Crippen LogP contribution in [0, 0.1) is 5.92 Å². The summed E-state index contributed by atoms with van der Waals surface area (Å²) < 4.78 is 0. The molecule has 0 bridgehead atoms. The minimum atomic E-state index is 0.593. The van der Waals surface area contributed by atoms with E-state index < -0.39 is 0 Å². The molecule has 0 amide bonds. The van der Waals surface area contributed by atoms with Crippen LogP contribution < -0.4 is 5.73 Å². The first-order valence-electron chi connectivity index (χ1n) is 4.53. The molecule has 1 heterocycles. The minimum absolute atomic E-state index is 0.593. The molecule has 3 nitrogen and oxygen atoms in total. The van der Waals surface area contributed by atoms with Crippen LogP contribution in [0.3, 0.4) is 0 Å². The van der Waals surface area contributed by atoms with Gasteiger partial charge >= 0.3 is 0 Å². The van der Waals surface area contributed by atoms with E-state index >= 15 is 0 Å². The molecule has 0 unspecified atom stereocenters. The van der Waals surface area contributed by atoms with Crippen molar-refractivity contribution in [2.75, 3.05) is 6.54 Å². The zero-order valence-electron chi connectivity index (χ0n) is 7.44. The second-order valence-corrected chi connectivity index (χ2v) is 4.03. The van der Waals surface area contributed by atoms with Gasteiger partial charge in [0.2, 0.25) is 0 Å². The smallest absolute Gasteiger partial charge is 0.0968 e. The van der Waals surface area contributed by atoms with Crippen LogP contribution in [0.1, 0.15) is 18.5 Å². The molecule has 1 aliphatic rings. The lowest BCUT2D eigenvalue weighted by Gasteiger charge is -1.96. The molecular formula is C9H13N3S. The number of amidine groups is 1. The minimum Gasteiger partial charge on any atom is -0.387 e. The zero-order valence-corrected chi connectivity index (χ0v) is 8.26. The third-order valence-electron chi connectivity index (χ3n) is 2.14. The summed E-state index contributed by atoms with van der Waals surface area (Å²) >= 11 is 1.63. The van der Waals surface area contributed by atoms with Gasteiger partial charge in [0.05, 0.1) is 17.0 Å². The van der Waals surface area contributed by atoms with E-state index in [4.69, 9.17) is 5.73 Å². The van der Waals surface area contributed by atoms with Crippen molar-refractivity contribution < 1.29 is 0 Å². The molecule has 0 atom stereocenters. The van der Waals surface area contributed by atoms with Crippen LogP contribution in [0.5, 0.6) is 0 Å². The van der Waals surface area contributed by atoms with Crippen molar-refractivity contribution in [2.24, 2.45) is 16.6 Å². The molecule has 70 valence electrons. The van der Waals surface area contributed by atoms with E-state index in [1.54, 1.807) is 11.3 Å². The van der Waals surface area contributed by atoms with Crippen molar-refractivity contribution >= 4 is 17.2 Å². The van der Waals surface area contributed by atoms with Gasteiger partial charge in [-0.2, -0.15) is 0 Å². The van der Waals surface area contributed by atoms with Crippen molar-refractivity contribution in [3.8, 4) is 0 Å². The van der Waals surface area contributed by atoms with Crippen LogP contribution in [0.4, 0.5) is 0 Å². The Labute approximate surface area is 81.7 Å². The topological polar surface area (TPSA) is 51.3 Å². The van der Waals surface area contributed by atoms with Gasteiger partial charge in [-0.3, -0.25) is 4.99 Å². The summed E-state index contributed by atoms with van der Waals surface area (Å²) in [6.07, 6.45) is 3.37. The lowest BCUT2D eigenvalue weighted by atomic mass is 10.3. The first kappa shape index (κ1) is 8.69. The van der Waals surface area contributed by atoms with Gasteiger partial charge in [0, 0.05) is 24.3 Å². The van der Waals surface area contributed by atoms with Gasteiger partial charge < -0.3 is 5.73 Å². The fourth-order valence-corrected chi connectivity index (χ4v) is 1.76. The molecule has 0 saturated heterocycles. The molecule has 2 rings (SSSR count). The molecule has 1 aliphatic carbocycles. The molecule has 1 aromatic rings. The standard InChI is InChI=1S/C9H13N3S/c10-9(7-1-2-7)11-4-3-8-5-13-6-12-8/h5-7H,1-4H2,(H2,10,11). The first-order valence-corrected chi connectivity index (χ1v) is 5.47. The summed E-state index contributed by atoms with van der Waals surface area (Å²) in [5.41, 5.74) is 8.72. The Morgan fingerprint density at radius 2 is 2.54 bits per heavy atom.